The van der Waals surface area contributed by atoms with E-state index in [0.29, 0.717) is 11.3 Å². The Morgan fingerprint density at radius 3 is 2.53 bits per heavy atom. The lowest BCUT2D eigenvalue weighted by atomic mass is 10.1. The molecular formula is C11H14O3Si. The maximum absolute atomic E-state index is 11.4. The van der Waals surface area contributed by atoms with Crippen molar-refractivity contribution in [3.8, 4) is 11.3 Å². The minimum absolute atomic E-state index is 0.258. The molecule has 0 unspecified atom stereocenters. The molecule has 0 aliphatic carbocycles. The van der Waals surface area contributed by atoms with E-state index in [-0.39, 0.29) is 5.63 Å². The first-order chi connectivity index (χ1) is 6.91. The monoisotopic (exact) mass is 222 g/mol. The van der Waals surface area contributed by atoms with Crippen molar-refractivity contribution in [3.05, 3.63) is 28.3 Å². The van der Waals surface area contributed by atoms with Gasteiger partial charge in [0, 0.05) is 11.1 Å². The van der Waals surface area contributed by atoms with Crippen LogP contribution in [-0.4, -0.2) is 8.07 Å². The van der Waals surface area contributed by atoms with Crippen LogP contribution in [0.4, 0.5) is 0 Å². The molecule has 80 valence electrons. The van der Waals surface area contributed by atoms with Crippen LogP contribution in [0.1, 0.15) is 5.56 Å². The third-order valence-corrected chi connectivity index (χ3v) is 4.16. The second kappa shape index (κ2) is 3.10. The van der Waals surface area contributed by atoms with Crippen LogP contribution >= 0.6 is 0 Å². The molecule has 2 aliphatic heterocycles. The number of furan rings is 1. The number of fused-ring (bicyclic) bond motifs is 1. The van der Waals surface area contributed by atoms with Gasteiger partial charge in [-0.3, -0.25) is 0 Å². The van der Waals surface area contributed by atoms with Gasteiger partial charge in [-0.1, -0.05) is 19.6 Å². The van der Waals surface area contributed by atoms with Crippen LogP contribution in [0.3, 0.4) is 0 Å². The van der Waals surface area contributed by atoms with Gasteiger partial charge < -0.3 is 8.83 Å². The van der Waals surface area contributed by atoms with Crippen molar-refractivity contribution in [1.82, 2.24) is 0 Å². The van der Waals surface area contributed by atoms with E-state index >= 15 is 0 Å². The van der Waals surface area contributed by atoms with Crippen molar-refractivity contribution < 1.29 is 8.83 Å². The van der Waals surface area contributed by atoms with E-state index in [4.69, 9.17) is 8.83 Å². The molecule has 15 heavy (non-hydrogen) atoms. The quantitative estimate of drug-likeness (QED) is 0.695. The zero-order chi connectivity index (χ0) is 11.2. The van der Waals surface area contributed by atoms with Gasteiger partial charge in [0.2, 0.25) is 0 Å². The van der Waals surface area contributed by atoms with Crippen molar-refractivity contribution in [2.75, 3.05) is 0 Å². The first kappa shape index (κ1) is 10.2. The Labute approximate surface area is 89.1 Å². The van der Waals surface area contributed by atoms with Crippen molar-refractivity contribution in [2.45, 2.75) is 26.6 Å². The van der Waals surface area contributed by atoms with Gasteiger partial charge >= 0.3 is 5.63 Å². The van der Waals surface area contributed by atoms with E-state index in [1.54, 1.807) is 19.3 Å². The molecule has 2 heterocycles. The third kappa shape index (κ3) is 1.54. The Balaban J connectivity index is 2.79. The Morgan fingerprint density at radius 2 is 1.93 bits per heavy atom. The molecule has 3 nitrogen and oxygen atoms in total. The molecule has 0 bridgehead atoms. The number of rotatable bonds is 1. The van der Waals surface area contributed by atoms with Gasteiger partial charge in [-0.25, -0.2) is 4.79 Å². The summed E-state index contributed by atoms with van der Waals surface area (Å²) >= 11 is 0. The minimum atomic E-state index is -1.61. The predicted octanol–water partition coefficient (Wildman–Crippen LogP) is 2.19. The standard InChI is InChI=1S/C11H14O3Si/c1-7-8-5-6-13-11(15(2,3)4)9(8)14-10(7)12/h5-6H,1-4H3. The van der Waals surface area contributed by atoms with Gasteiger partial charge in [-0.05, 0) is 13.0 Å². The summed E-state index contributed by atoms with van der Waals surface area (Å²) in [5.41, 5.74) is 1.29. The Kier molecular flexibility index (Phi) is 2.11. The summed E-state index contributed by atoms with van der Waals surface area (Å²) in [5, 5.41) is 0.852. The molecule has 0 saturated heterocycles. The Morgan fingerprint density at radius 1 is 1.27 bits per heavy atom. The minimum Gasteiger partial charge on any atom is -0.471 e. The molecule has 0 N–H and O–H groups in total. The van der Waals surface area contributed by atoms with Gasteiger partial charge in [0.1, 0.15) is 13.5 Å². The highest BCUT2D eigenvalue weighted by Crippen LogP contribution is 2.24. The van der Waals surface area contributed by atoms with Gasteiger partial charge in [0.25, 0.3) is 0 Å². The fourth-order valence-corrected chi connectivity index (χ4v) is 2.90. The summed E-state index contributed by atoms with van der Waals surface area (Å²) in [5.74, 6) is 0.638. The van der Waals surface area contributed by atoms with Crippen LogP contribution in [-0.2, 0) is 0 Å². The average Bonchev–Trinajstić information content (AvgIpc) is 2.41. The molecule has 0 amide bonds. The second-order valence-electron chi connectivity index (χ2n) is 4.76. The second-order valence-corrected chi connectivity index (χ2v) is 9.71. The lowest BCUT2D eigenvalue weighted by Crippen LogP contribution is -2.38. The number of hydrogen-bond acceptors (Lipinski definition) is 3. The molecule has 4 heteroatoms. The predicted molar refractivity (Wildman–Crippen MR) is 61.6 cm³/mol. The maximum Gasteiger partial charge on any atom is 0.339 e. The molecule has 0 aromatic heterocycles. The van der Waals surface area contributed by atoms with E-state index in [1.807, 2.05) is 0 Å². The summed E-state index contributed by atoms with van der Waals surface area (Å²) in [6.07, 6.45) is 1.64. The van der Waals surface area contributed by atoms with Crippen LogP contribution in [0.2, 0.25) is 19.6 Å². The van der Waals surface area contributed by atoms with E-state index in [0.717, 1.165) is 10.9 Å². The molecule has 2 rings (SSSR count). The van der Waals surface area contributed by atoms with Crippen molar-refractivity contribution in [2.24, 2.45) is 0 Å². The van der Waals surface area contributed by atoms with Crippen LogP contribution in [0.15, 0.2) is 26.0 Å². The molecule has 0 spiro atoms. The smallest absolute Gasteiger partial charge is 0.339 e. The van der Waals surface area contributed by atoms with E-state index in [1.165, 1.54) is 0 Å². The maximum atomic E-state index is 11.4. The summed E-state index contributed by atoms with van der Waals surface area (Å²) in [7, 11) is -1.61. The Hall–Kier alpha value is -1.29. The first-order valence-electron chi connectivity index (χ1n) is 4.92. The van der Waals surface area contributed by atoms with Crippen molar-refractivity contribution in [3.63, 3.8) is 0 Å². The highest BCUT2D eigenvalue weighted by atomic mass is 28.3. The van der Waals surface area contributed by atoms with E-state index in [9.17, 15) is 4.79 Å². The van der Waals surface area contributed by atoms with Gasteiger partial charge in [-0.2, -0.15) is 0 Å². The van der Waals surface area contributed by atoms with Gasteiger partial charge in [0.15, 0.2) is 5.76 Å². The Bertz CT molecular complexity index is 516. The summed E-state index contributed by atoms with van der Waals surface area (Å²) in [6.45, 7) is 8.26. The van der Waals surface area contributed by atoms with Crippen LogP contribution in [0.25, 0.3) is 11.3 Å². The summed E-state index contributed by atoms with van der Waals surface area (Å²) in [4.78, 5) is 11.4. The van der Waals surface area contributed by atoms with E-state index in [2.05, 4.69) is 19.6 Å². The molecule has 0 aromatic carbocycles. The largest absolute Gasteiger partial charge is 0.471 e. The van der Waals surface area contributed by atoms with Crippen LogP contribution < -0.4 is 11.0 Å². The highest BCUT2D eigenvalue weighted by molar-refractivity contribution is 6.88. The molecule has 0 radical (unpaired) electrons. The SMILES string of the molecule is Cc1c2ccoc([Si](C)(C)C)c-2oc1=O. The summed E-state index contributed by atoms with van der Waals surface area (Å²) < 4.78 is 10.7. The van der Waals surface area contributed by atoms with Crippen LogP contribution in [0.5, 0.6) is 0 Å². The first-order valence-corrected chi connectivity index (χ1v) is 8.42. The molecule has 2 aliphatic rings. The third-order valence-electron chi connectivity index (χ3n) is 2.46. The number of hydrogen-bond donors (Lipinski definition) is 0. The van der Waals surface area contributed by atoms with Crippen molar-refractivity contribution in [1.29, 1.82) is 0 Å². The van der Waals surface area contributed by atoms with Crippen LogP contribution in [0, 0.1) is 6.92 Å². The topological polar surface area (TPSA) is 43.4 Å². The van der Waals surface area contributed by atoms with Gasteiger partial charge in [0.05, 0.1) is 6.26 Å². The molecule has 0 fully saturated rings. The molecule has 0 aromatic rings. The fourth-order valence-electron chi connectivity index (χ4n) is 1.61. The molecule has 0 atom stereocenters. The highest BCUT2D eigenvalue weighted by Gasteiger charge is 2.29. The molecular weight excluding hydrogens is 208 g/mol. The molecule has 0 saturated carbocycles. The van der Waals surface area contributed by atoms with Gasteiger partial charge in [-0.15, -0.1) is 0 Å². The lowest BCUT2D eigenvalue weighted by Gasteiger charge is -2.16. The lowest BCUT2D eigenvalue weighted by molar-refractivity contribution is 0.512. The zero-order valence-electron chi connectivity index (χ0n) is 9.38. The average molecular weight is 222 g/mol. The van der Waals surface area contributed by atoms with E-state index < -0.39 is 8.07 Å². The van der Waals surface area contributed by atoms with Crippen molar-refractivity contribution >= 4 is 13.5 Å². The normalized spacial score (nSPS) is 12.3. The summed E-state index contributed by atoms with van der Waals surface area (Å²) in [6, 6.07) is 1.79. The zero-order valence-corrected chi connectivity index (χ0v) is 10.4. The fraction of sp³-hybridized carbons (Fsp3) is 0.364.